The van der Waals surface area contributed by atoms with Crippen molar-refractivity contribution < 1.29 is 9.59 Å². The Kier molecular flexibility index (Phi) is 8.20. The smallest absolute Gasteiger partial charge is 0.253 e. The number of rotatable bonds is 8. The highest BCUT2D eigenvalue weighted by molar-refractivity contribution is 8.00. The van der Waals surface area contributed by atoms with Gasteiger partial charge in [0.2, 0.25) is 5.91 Å². The van der Waals surface area contributed by atoms with Gasteiger partial charge >= 0.3 is 0 Å². The third-order valence-corrected chi connectivity index (χ3v) is 5.80. The van der Waals surface area contributed by atoms with E-state index >= 15 is 0 Å². The van der Waals surface area contributed by atoms with Crippen LogP contribution in [0.3, 0.4) is 0 Å². The number of thioether (sulfide) groups is 1. The lowest BCUT2D eigenvalue weighted by molar-refractivity contribution is -0.115. The van der Waals surface area contributed by atoms with Crippen LogP contribution in [0.5, 0.6) is 0 Å². The van der Waals surface area contributed by atoms with E-state index in [0.29, 0.717) is 22.7 Å². The van der Waals surface area contributed by atoms with E-state index in [-0.39, 0.29) is 23.1 Å². The topological polar surface area (TPSA) is 58.2 Å². The molecule has 2 aromatic rings. The molecule has 2 atom stereocenters. The van der Waals surface area contributed by atoms with Gasteiger partial charge in [-0.05, 0) is 56.2 Å². The fourth-order valence-electron chi connectivity index (χ4n) is 2.41. The van der Waals surface area contributed by atoms with Gasteiger partial charge in [-0.25, -0.2) is 0 Å². The van der Waals surface area contributed by atoms with Crippen LogP contribution >= 0.6 is 23.4 Å². The van der Waals surface area contributed by atoms with E-state index < -0.39 is 0 Å². The van der Waals surface area contributed by atoms with E-state index in [9.17, 15) is 9.59 Å². The SMILES string of the molecule is CC[C@@H](C)NC(=O)c1ccccc1NC(=O)[C@@H](CC)Sc1ccc(Cl)cc1. The van der Waals surface area contributed by atoms with Crippen LogP contribution in [-0.4, -0.2) is 23.1 Å². The number of para-hydroxylation sites is 1. The van der Waals surface area contributed by atoms with E-state index in [0.717, 1.165) is 11.3 Å². The van der Waals surface area contributed by atoms with Crippen molar-refractivity contribution in [1.29, 1.82) is 0 Å². The molecule has 0 unspecified atom stereocenters. The van der Waals surface area contributed by atoms with Crippen LogP contribution in [-0.2, 0) is 4.79 Å². The van der Waals surface area contributed by atoms with Gasteiger partial charge in [0.1, 0.15) is 0 Å². The van der Waals surface area contributed by atoms with Gasteiger partial charge < -0.3 is 10.6 Å². The minimum Gasteiger partial charge on any atom is -0.350 e. The summed E-state index contributed by atoms with van der Waals surface area (Å²) < 4.78 is 0. The van der Waals surface area contributed by atoms with Crippen molar-refractivity contribution in [2.45, 2.75) is 49.8 Å². The first kappa shape index (κ1) is 21.3. The van der Waals surface area contributed by atoms with E-state index in [2.05, 4.69) is 10.6 Å². The highest BCUT2D eigenvalue weighted by Gasteiger charge is 2.21. The number of nitrogens with one attached hydrogen (secondary N) is 2. The summed E-state index contributed by atoms with van der Waals surface area (Å²) in [5, 5.41) is 6.26. The molecule has 27 heavy (non-hydrogen) atoms. The minimum absolute atomic E-state index is 0.0742. The predicted molar refractivity (Wildman–Crippen MR) is 114 cm³/mol. The summed E-state index contributed by atoms with van der Waals surface area (Å²) in [6, 6.07) is 14.6. The maximum absolute atomic E-state index is 12.8. The van der Waals surface area contributed by atoms with Crippen LogP contribution in [0.2, 0.25) is 5.02 Å². The molecular formula is C21H25ClN2O2S. The Morgan fingerprint density at radius 1 is 1.04 bits per heavy atom. The number of carbonyl (C=O) groups is 2. The number of anilines is 1. The zero-order valence-corrected chi connectivity index (χ0v) is 17.4. The maximum Gasteiger partial charge on any atom is 0.253 e. The molecule has 0 bridgehead atoms. The normalized spacial score (nSPS) is 12.9. The molecule has 0 fully saturated rings. The molecule has 2 rings (SSSR count). The number of hydrogen-bond acceptors (Lipinski definition) is 3. The monoisotopic (exact) mass is 404 g/mol. The molecule has 0 aliphatic carbocycles. The van der Waals surface area contributed by atoms with Crippen LogP contribution in [0.4, 0.5) is 5.69 Å². The molecular weight excluding hydrogens is 380 g/mol. The Bertz CT molecular complexity index is 780. The molecule has 2 N–H and O–H groups in total. The molecule has 0 aliphatic heterocycles. The molecule has 0 aromatic heterocycles. The number of benzene rings is 2. The van der Waals surface area contributed by atoms with E-state index in [1.54, 1.807) is 18.2 Å². The Hall–Kier alpha value is -1.98. The van der Waals surface area contributed by atoms with Crippen LogP contribution in [0.15, 0.2) is 53.4 Å². The fourth-order valence-corrected chi connectivity index (χ4v) is 3.49. The second-order valence-corrected chi connectivity index (χ2v) is 8.00. The van der Waals surface area contributed by atoms with Crippen molar-refractivity contribution in [3.63, 3.8) is 0 Å². The fraction of sp³-hybridized carbons (Fsp3) is 0.333. The molecule has 0 radical (unpaired) electrons. The lowest BCUT2D eigenvalue weighted by Crippen LogP contribution is -2.33. The summed E-state index contributed by atoms with van der Waals surface area (Å²) in [5.74, 6) is -0.306. The van der Waals surface area contributed by atoms with Gasteiger partial charge in [0.05, 0.1) is 16.5 Å². The van der Waals surface area contributed by atoms with Crippen molar-refractivity contribution in [3.8, 4) is 0 Å². The zero-order chi connectivity index (χ0) is 19.8. The third-order valence-electron chi connectivity index (χ3n) is 4.17. The number of halogens is 1. The Morgan fingerprint density at radius 3 is 2.33 bits per heavy atom. The van der Waals surface area contributed by atoms with Crippen molar-refractivity contribution in [1.82, 2.24) is 5.32 Å². The van der Waals surface area contributed by atoms with Crippen LogP contribution in [0.1, 0.15) is 44.0 Å². The Labute approximate surface area is 170 Å². The van der Waals surface area contributed by atoms with Gasteiger partial charge in [-0.15, -0.1) is 11.8 Å². The third kappa shape index (κ3) is 6.29. The molecule has 6 heteroatoms. The van der Waals surface area contributed by atoms with Crippen LogP contribution in [0, 0.1) is 0 Å². The Balaban J connectivity index is 2.11. The van der Waals surface area contributed by atoms with E-state index in [1.807, 2.05) is 51.1 Å². The highest BCUT2D eigenvalue weighted by atomic mass is 35.5. The van der Waals surface area contributed by atoms with Crippen molar-refractivity contribution in [2.24, 2.45) is 0 Å². The summed E-state index contributed by atoms with van der Waals surface area (Å²) >= 11 is 7.40. The molecule has 0 saturated heterocycles. The predicted octanol–water partition coefficient (Wildman–Crippen LogP) is 5.38. The molecule has 0 heterocycles. The number of amides is 2. The van der Waals surface area contributed by atoms with Gasteiger partial charge in [-0.3, -0.25) is 9.59 Å². The first-order valence-corrected chi connectivity index (χ1v) is 10.3. The Morgan fingerprint density at radius 2 is 1.70 bits per heavy atom. The summed E-state index contributed by atoms with van der Waals surface area (Å²) in [6.45, 7) is 5.93. The number of hydrogen-bond donors (Lipinski definition) is 2. The average Bonchev–Trinajstić information content (AvgIpc) is 2.67. The number of carbonyl (C=O) groups excluding carboxylic acids is 2. The largest absolute Gasteiger partial charge is 0.350 e. The van der Waals surface area contributed by atoms with E-state index in [4.69, 9.17) is 11.6 Å². The zero-order valence-electron chi connectivity index (χ0n) is 15.8. The molecule has 0 aliphatic rings. The van der Waals surface area contributed by atoms with Gasteiger partial charge in [-0.2, -0.15) is 0 Å². The summed E-state index contributed by atoms with van der Waals surface area (Å²) in [5.41, 5.74) is 0.996. The van der Waals surface area contributed by atoms with Crippen molar-refractivity contribution in [3.05, 3.63) is 59.1 Å². The molecule has 0 spiro atoms. The second kappa shape index (κ2) is 10.4. The molecule has 2 amide bonds. The highest BCUT2D eigenvalue weighted by Crippen LogP contribution is 2.28. The summed E-state index contributed by atoms with van der Waals surface area (Å²) in [6.07, 6.45) is 1.51. The molecule has 144 valence electrons. The van der Waals surface area contributed by atoms with Crippen molar-refractivity contribution >= 4 is 40.9 Å². The standard InChI is InChI=1S/C21H25ClN2O2S/c1-4-14(3)23-20(25)17-8-6-7-9-18(17)24-21(26)19(5-2)27-16-12-10-15(22)11-13-16/h6-14,19H,4-5H2,1-3H3,(H,23,25)(H,24,26)/t14-,19-/m1/s1. The van der Waals surface area contributed by atoms with Crippen LogP contribution < -0.4 is 10.6 Å². The van der Waals surface area contributed by atoms with Gasteiger partial charge in [-0.1, -0.05) is 37.6 Å². The molecule has 4 nitrogen and oxygen atoms in total. The lowest BCUT2D eigenvalue weighted by Gasteiger charge is -2.18. The lowest BCUT2D eigenvalue weighted by atomic mass is 10.1. The quantitative estimate of drug-likeness (QED) is 0.581. The van der Waals surface area contributed by atoms with Gasteiger partial charge in [0.15, 0.2) is 0 Å². The second-order valence-electron chi connectivity index (χ2n) is 6.29. The maximum atomic E-state index is 12.8. The van der Waals surface area contributed by atoms with E-state index in [1.165, 1.54) is 11.8 Å². The molecule has 0 saturated carbocycles. The summed E-state index contributed by atoms with van der Waals surface area (Å²) in [7, 11) is 0. The molecule has 2 aromatic carbocycles. The van der Waals surface area contributed by atoms with Crippen molar-refractivity contribution in [2.75, 3.05) is 5.32 Å². The summed E-state index contributed by atoms with van der Waals surface area (Å²) in [4.78, 5) is 26.3. The minimum atomic E-state index is -0.267. The average molecular weight is 405 g/mol. The van der Waals surface area contributed by atoms with Gasteiger partial charge in [0, 0.05) is 16.0 Å². The van der Waals surface area contributed by atoms with Crippen LogP contribution in [0.25, 0.3) is 0 Å². The first-order valence-electron chi connectivity index (χ1n) is 9.07. The first-order chi connectivity index (χ1) is 12.9. The van der Waals surface area contributed by atoms with Gasteiger partial charge in [0.25, 0.3) is 5.91 Å².